The molecule has 1 atom stereocenters. The van der Waals surface area contributed by atoms with E-state index in [0.717, 1.165) is 16.8 Å². The molecule has 0 saturated heterocycles. The first-order valence-electron chi connectivity index (χ1n) is 9.58. The van der Waals surface area contributed by atoms with Crippen LogP contribution in [0.3, 0.4) is 0 Å². The normalized spacial score (nSPS) is 15.6. The molecule has 31 heavy (non-hydrogen) atoms. The molecule has 0 radical (unpaired) electrons. The number of benzene rings is 2. The summed E-state index contributed by atoms with van der Waals surface area (Å²) < 4.78 is 10.6. The van der Waals surface area contributed by atoms with Crippen molar-refractivity contribution in [3.8, 4) is 5.75 Å². The van der Waals surface area contributed by atoms with Crippen molar-refractivity contribution in [3.63, 3.8) is 0 Å². The summed E-state index contributed by atoms with van der Waals surface area (Å²) in [5.41, 5.74) is 2.63. The quantitative estimate of drug-likeness (QED) is 0.593. The standard InChI is InChI=1S/C23H19ClN2O5/c1-14-4-6-15(7-5-14)18-12-19(21-3-2-10-30-21)26(25-18)22(28)13-31-23(29)17-11-16(24)8-9-20(17)27/h2-11,19,27H,12-13H2,1H3. The number of hydrogen-bond acceptors (Lipinski definition) is 6. The molecule has 2 heterocycles. The number of rotatable bonds is 5. The molecular formula is C23H19ClN2O5. The number of nitrogens with zero attached hydrogens (tertiary/aromatic N) is 2. The summed E-state index contributed by atoms with van der Waals surface area (Å²) in [7, 11) is 0. The van der Waals surface area contributed by atoms with Crippen LogP contribution in [0.4, 0.5) is 0 Å². The van der Waals surface area contributed by atoms with E-state index in [1.165, 1.54) is 29.5 Å². The van der Waals surface area contributed by atoms with E-state index in [9.17, 15) is 14.7 Å². The van der Waals surface area contributed by atoms with Crippen LogP contribution in [0.25, 0.3) is 0 Å². The van der Waals surface area contributed by atoms with Gasteiger partial charge in [0, 0.05) is 11.4 Å². The minimum atomic E-state index is -0.857. The Labute approximate surface area is 183 Å². The number of carbonyl (C=O) groups is 2. The molecule has 0 saturated carbocycles. The van der Waals surface area contributed by atoms with Gasteiger partial charge in [0.15, 0.2) is 6.61 Å². The Kier molecular flexibility index (Phi) is 5.77. The molecule has 8 heteroatoms. The van der Waals surface area contributed by atoms with Gasteiger partial charge in [0.2, 0.25) is 0 Å². The number of halogens is 1. The third kappa shape index (κ3) is 4.46. The molecule has 1 amide bonds. The van der Waals surface area contributed by atoms with Gasteiger partial charge in [-0.2, -0.15) is 5.10 Å². The van der Waals surface area contributed by atoms with Crippen LogP contribution in [-0.2, 0) is 9.53 Å². The first-order chi connectivity index (χ1) is 14.9. The molecule has 1 unspecified atom stereocenters. The second kappa shape index (κ2) is 8.65. The Balaban J connectivity index is 1.52. The smallest absolute Gasteiger partial charge is 0.342 e. The zero-order valence-corrected chi connectivity index (χ0v) is 17.4. The highest BCUT2D eigenvalue weighted by atomic mass is 35.5. The van der Waals surface area contributed by atoms with Crippen LogP contribution >= 0.6 is 11.6 Å². The Morgan fingerprint density at radius 2 is 2.00 bits per heavy atom. The van der Waals surface area contributed by atoms with Gasteiger partial charge in [-0.25, -0.2) is 9.80 Å². The van der Waals surface area contributed by atoms with Crippen molar-refractivity contribution in [2.24, 2.45) is 5.10 Å². The summed E-state index contributed by atoms with van der Waals surface area (Å²) in [6, 6.07) is 14.9. The molecular weight excluding hydrogens is 420 g/mol. The van der Waals surface area contributed by atoms with E-state index in [-0.39, 0.29) is 16.3 Å². The molecule has 7 nitrogen and oxygen atoms in total. The predicted molar refractivity (Wildman–Crippen MR) is 114 cm³/mol. The van der Waals surface area contributed by atoms with E-state index in [1.54, 1.807) is 12.1 Å². The van der Waals surface area contributed by atoms with Crippen molar-refractivity contribution in [2.75, 3.05) is 6.61 Å². The summed E-state index contributed by atoms with van der Waals surface area (Å²) in [4.78, 5) is 25.2. The van der Waals surface area contributed by atoms with Crippen LogP contribution in [0.2, 0.25) is 5.02 Å². The average Bonchev–Trinajstić information content (AvgIpc) is 3.44. The van der Waals surface area contributed by atoms with Crippen molar-refractivity contribution < 1.29 is 23.8 Å². The van der Waals surface area contributed by atoms with E-state index in [0.29, 0.717) is 12.2 Å². The van der Waals surface area contributed by atoms with Crippen molar-refractivity contribution in [2.45, 2.75) is 19.4 Å². The number of ether oxygens (including phenoxy) is 1. The largest absolute Gasteiger partial charge is 0.507 e. The van der Waals surface area contributed by atoms with Gasteiger partial charge in [-0.05, 0) is 42.8 Å². The van der Waals surface area contributed by atoms with Gasteiger partial charge in [-0.15, -0.1) is 0 Å². The van der Waals surface area contributed by atoms with E-state index in [4.69, 9.17) is 20.8 Å². The predicted octanol–water partition coefficient (Wildman–Crippen LogP) is 4.48. The highest BCUT2D eigenvalue weighted by molar-refractivity contribution is 6.31. The monoisotopic (exact) mass is 438 g/mol. The fraction of sp³-hybridized carbons (Fsp3) is 0.174. The zero-order chi connectivity index (χ0) is 22.0. The Hall–Kier alpha value is -3.58. The Morgan fingerprint density at radius 3 is 2.71 bits per heavy atom. The summed E-state index contributed by atoms with van der Waals surface area (Å²) in [5.74, 6) is -1.07. The minimum Gasteiger partial charge on any atom is -0.507 e. The number of aromatic hydroxyl groups is 1. The molecule has 0 aliphatic carbocycles. The number of phenolic OH excluding ortho intramolecular Hbond substituents is 1. The lowest BCUT2D eigenvalue weighted by atomic mass is 10.0. The average molecular weight is 439 g/mol. The molecule has 0 bridgehead atoms. The fourth-order valence-electron chi connectivity index (χ4n) is 3.31. The van der Waals surface area contributed by atoms with Crippen LogP contribution in [0.15, 0.2) is 70.4 Å². The third-order valence-electron chi connectivity index (χ3n) is 4.93. The summed E-state index contributed by atoms with van der Waals surface area (Å²) >= 11 is 5.87. The zero-order valence-electron chi connectivity index (χ0n) is 16.6. The van der Waals surface area contributed by atoms with E-state index in [2.05, 4.69) is 5.10 Å². The van der Waals surface area contributed by atoms with Crippen molar-refractivity contribution in [3.05, 3.63) is 88.3 Å². The van der Waals surface area contributed by atoms with E-state index < -0.39 is 24.5 Å². The molecule has 3 aromatic rings. The molecule has 1 aliphatic rings. The van der Waals surface area contributed by atoms with Gasteiger partial charge < -0.3 is 14.3 Å². The first-order valence-corrected chi connectivity index (χ1v) is 9.96. The number of amides is 1. The van der Waals surface area contributed by atoms with Gasteiger partial charge in [-0.1, -0.05) is 41.4 Å². The van der Waals surface area contributed by atoms with Crippen molar-refractivity contribution >= 4 is 29.2 Å². The van der Waals surface area contributed by atoms with Gasteiger partial charge in [0.1, 0.15) is 23.1 Å². The molecule has 0 spiro atoms. The van der Waals surface area contributed by atoms with Crippen LogP contribution in [-0.4, -0.2) is 34.3 Å². The number of carbonyl (C=O) groups excluding carboxylic acids is 2. The van der Waals surface area contributed by atoms with Crippen molar-refractivity contribution in [1.29, 1.82) is 0 Å². The lowest BCUT2D eigenvalue weighted by Gasteiger charge is -2.19. The third-order valence-corrected chi connectivity index (χ3v) is 5.16. The SMILES string of the molecule is Cc1ccc(C2=NN(C(=O)COC(=O)c3cc(Cl)ccc3O)C(c3ccco3)C2)cc1. The maximum absolute atomic E-state index is 12.9. The molecule has 1 aromatic heterocycles. The second-order valence-corrected chi connectivity index (χ2v) is 7.56. The van der Waals surface area contributed by atoms with E-state index in [1.807, 2.05) is 31.2 Å². The number of aryl methyl sites for hydroxylation is 1. The molecule has 0 fully saturated rings. The topological polar surface area (TPSA) is 92.3 Å². The lowest BCUT2D eigenvalue weighted by Crippen LogP contribution is -2.31. The van der Waals surface area contributed by atoms with Gasteiger partial charge in [0.25, 0.3) is 5.91 Å². The van der Waals surface area contributed by atoms with Crippen molar-refractivity contribution in [1.82, 2.24) is 5.01 Å². The molecule has 2 aromatic carbocycles. The summed E-state index contributed by atoms with van der Waals surface area (Å²) in [6.07, 6.45) is 2.00. The summed E-state index contributed by atoms with van der Waals surface area (Å²) in [5, 5.41) is 15.9. The first kappa shape index (κ1) is 20.7. The molecule has 158 valence electrons. The second-order valence-electron chi connectivity index (χ2n) is 7.12. The molecule has 4 rings (SSSR count). The van der Waals surface area contributed by atoms with E-state index >= 15 is 0 Å². The maximum atomic E-state index is 12.9. The number of phenols is 1. The molecule has 1 aliphatic heterocycles. The number of hydrazone groups is 1. The summed E-state index contributed by atoms with van der Waals surface area (Å²) in [6.45, 7) is 1.44. The Bertz CT molecular complexity index is 1140. The Morgan fingerprint density at radius 1 is 1.23 bits per heavy atom. The van der Waals surface area contributed by atoms with Crippen LogP contribution in [0.5, 0.6) is 5.75 Å². The van der Waals surface area contributed by atoms with Crippen LogP contribution in [0, 0.1) is 6.92 Å². The number of esters is 1. The van der Waals surface area contributed by atoms with Gasteiger partial charge >= 0.3 is 5.97 Å². The van der Waals surface area contributed by atoms with Crippen LogP contribution in [0.1, 0.15) is 39.7 Å². The van der Waals surface area contributed by atoms with Gasteiger partial charge in [-0.3, -0.25) is 4.79 Å². The minimum absolute atomic E-state index is 0.117. The highest BCUT2D eigenvalue weighted by Crippen LogP contribution is 2.33. The highest BCUT2D eigenvalue weighted by Gasteiger charge is 2.35. The number of furan rings is 1. The fourth-order valence-corrected chi connectivity index (χ4v) is 3.48. The van der Waals surface area contributed by atoms with Crippen LogP contribution < -0.4 is 0 Å². The number of hydrogen-bond donors (Lipinski definition) is 1. The molecule has 1 N–H and O–H groups in total. The van der Waals surface area contributed by atoms with Gasteiger partial charge in [0.05, 0.1) is 12.0 Å². The maximum Gasteiger partial charge on any atom is 0.342 e. The lowest BCUT2D eigenvalue weighted by molar-refractivity contribution is -0.136.